The molecule has 0 unspecified atom stereocenters. The van der Waals surface area contributed by atoms with Crippen LogP contribution in [0.1, 0.15) is 51.0 Å². The predicted molar refractivity (Wildman–Crippen MR) is 85.9 cm³/mol. The molecule has 0 fully saturated rings. The van der Waals surface area contributed by atoms with Crippen molar-refractivity contribution in [2.24, 2.45) is 5.73 Å². The third-order valence-corrected chi connectivity index (χ3v) is 3.88. The SMILES string of the molecule is CCCCCCCCn1cc(CCN)c2cccnc21. The maximum absolute atomic E-state index is 5.70. The molecule has 3 heteroatoms. The van der Waals surface area contributed by atoms with Crippen molar-refractivity contribution in [3.8, 4) is 0 Å². The van der Waals surface area contributed by atoms with Gasteiger partial charge in [0, 0.05) is 24.3 Å². The molecule has 20 heavy (non-hydrogen) atoms. The van der Waals surface area contributed by atoms with Gasteiger partial charge in [-0.25, -0.2) is 4.98 Å². The maximum Gasteiger partial charge on any atom is 0.140 e. The fourth-order valence-electron chi connectivity index (χ4n) is 2.78. The van der Waals surface area contributed by atoms with E-state index < -0.39 is 0 Å². The quantitative estimate of drug-likeness (QED) is 0.704. The van der Waals surface area contributed by atoms with Crippen molar-refractivity contribution in [1.29, 1.82) is 0 Å². The van der Waals surface area contributed by atoms with Crippen LogP contribution in [0.3, 0.4) is 0 Å². The molecule has 0 radical (unpaired) electrons. The number of fused-ring (bicyclic) bond motifs is 1. The van der Waals surface area contributed by atoms with Gasteiger partial charge in [0.15, 0.2) is 0 Å². The second kappa shape index (κ2) is 8.05. The summed E-state index contributed by atoms with van der Waals surface area (Å²) in [5, 5.41) is 1.27. The summed E-state index contributed by atoms with van der Waals surface area (Å²) in [4.78, 5) is 4.53. The topological polar surface area (TPSA) is 43.8 Å². The second-order valence-corrected chi connectivity index (χ2v) is 5.53. The molecule has 0 aliphatic rings. The van der Waals surface area contributed by atoms with Crippen LogP contribution in [0.2, 0.25) is 0 Å². The minimum absolute atomic E-state index is 0.699. The molecule has 2 heterocycles. The van der Waals surface area contributed by atoms with E-state index in [1.165, 1.54) is 49.5 Å². The van der Waals surface area contributed by atoms with Gasteiger partial charge in [-0.2, -0.15) is 0 Å². The number of hydrogen-bond donors (Lipinski definition) is 1. The molecule has 2 rings (SSSR count). The van der Waals surface area contributed by atoms with Crippen molar-refractivity contribution in [3.63, 3.8) is 0 Å². The van der Waals surface area contributed by atoms with Gasteiger partial charge >= 0.3 is 0 Å². The summed E-state index contributed by atoms with van der Waals surface area (Å²) in [7, 11) is 0. The average molecular weight is 273 g/mol. The maximum atomic E-state index is 5.70. The van der Waals surface area contributed by atoms with E-state index in [9.17, 15) is 0 Å². The number of pyridine rings is 1. The van der Waals surface area contributed by atoms with Crippen LogP contribution in [-0.4, -0.2) is 16.1 Å². The molecule has 3 nitrogen and oxygen atoms in total. The molecule has 0 amide bonds. The summed E-state index contributed by atoms with van der Waals surface area (Å²) < 4.78 is 2.31. The lowest BCUT2D eigenvalue weighted by Crippen LogP contribution is -2.02. The molecule has 2 aromatic rings. The number of rotatable bonds is 9. The molecule has 0 spiro atoms. The third-order valence-electron chi connectivity index (χ3n) is 3.88. The molecule has 0 bridgehead atoms. The van der Waals surface area contributed by atoms with Crippen LogP contribution in [0.25, 0.3) is 11.0 Å². The zero-order valence-corrected chi connectivity index (χ0v) is 12.6. The highest BCUT2D eigenvalue weighted by Crippen LogP contribution is 2.20. The summed E-state index contributed by atoms with van der Waals surface area (Å²) in [6.07, 6.45) is 13.0. The molecular formula is C17H27N3. The van der Waals surface area contributed by atoms with Gasteiger partial charge in [-0.05, 0) is 37.1 Å². The predicted octanol–water partition coefficient (Wildman–Crippen LogP) is 3.90. The molecule has 2 aromatic heterocycles. The molecule has 2 N–H and O–H groups in total. The molecule has 0 saturated carbocycles. The Hall–Kier alpha value is -1.35. The van der Waals surface area contributed by atoms with E-state index in [4.69, 9.17) is 5.73 Å². The number of nitrogens with zero attached hydrogens (tertiary/aromatic N) is 2. The standard InChI is InChI=1S/C17H27N3/c1-2-3-4-5-6-7-13-20-14-15(10-11-18)16-9-8-12-19-17(16)20/h8-9,12,14H,2-7,10-11,13,18H2,1H3. The van der Waals surface area contributed by atoms with Gasteiger partial charge in [0.25, 0.3) is 0 Å². The van der Waals surface area contributed by atoms with Crippen LogP contribution in [0, 0.1) is 0 Å². The number of hydrogen-bond acceptors (Lipinski definition) is 2. The van der Waals surface area contributed by atoms with E-state index >= 15 is 0 Å². The summed E-state index contributed by atoms with van der Waals surface area (Å²) in [5.41, 5.74) is 8.15. The fourth-order valence-corrected chi connectivity index (χ4v) is 2.78. The van der Waals surface area contributed by atoms with Crippen molar-refractivity contribution in [2.75, 3.05) is 6.54 Å². The van der Waals surface area contributed by atoms with Crippen molar-refractivity contribution >= 4 is 11.0 Å². The number of aryl methyl sites for hydroxylation is 1. The first kappa shape index (κ1) is 15.0. The van der Waals surface area contributed by atoms with Gasteiger partial charge in [-0.15, -0.1) is 0 Å². The van der Waals surface area contributed by atoms with Gasteiger partial charge in [0.2, 0.25) is 0 Å². The molecule has 110 valence electrons. The molecular weight excluding hydrogens is 246 g/mol. The van der Waals surface area contributed by atoms with Gasteiger partial charge < -0.3 is 10.3 Å². The zero-order chi connectivity index (χ0) is 14.2. The first-order valence-corrected chi connectivity index (χ1v) is 7.99. The molecule has 0 aliphatic carbocycles. The normalized spacial score (nSPS) is 11.3. The smallest absolute Gasteiger partial charge is 0.140 e. The molecule has 0 saturated heterocycles. The fraction of sp³-hybridized carbons (Fsp3) is 0.588. The summed E-state index contributed by atoms with van der Waals surface area (Å²) in [6, 6.07) is 4.17. The van der Waals surface area contributed by atoms with E-state index in [1.54, 1.807) is 0 Å². The van der Waals surface area contributed by atoms with Crippen LogP contribution >= 0.6 is 0 Å². The van der Waals surface area contributed by atoms with E-state index in [2.05, 4.69) is 28.7 Å². The number of nitrogens with two attached hydrogens (primary N) is 1. The lowest BCUT2D eigenvalue weighted by Gasteiger charge is -2.04. The third kappa shape index (κ3) is 3.83. The van der Waals surface area contributed by atoms with Crippen molar-refractivity contribution in [1.82, 2.24) is 9.55 Å². The van der Waals surface area contributed by atoms with Gasteiger partial charge in [0.05, 0.1) is 0 Å². The van der Waals surface area contributed by atoms with E-state index in [0.717, 1.165) is 18.6 Å². The summed E-state index contributed by atoms with van der Waals surface area (Å²) >= 11 is 0. The van der Waals surface area contributed by atoms with Crippen molar-refractivity contribution in [2.45, 2.75) is 58.4 Å². The molecule has 0 atom stereocenters. The van der Waals surface area contributed by atoms with Crippen LogP contribution in [0.4, 0.5) is 0 Å². The van der Waals surface area contributed by atoms with E-state index in [1.807, 2.05) is 12.3 Å². The van der Waals surface area contributed by atoms with E-state index in [0.29, 0.717) is 6.54 Å². The number of unbranched alkanes of at least 4 members (excludes halogenated alkanes) is 5. The Balaban J connectivity index is 1.95. The Morgan fingerprint density at radius 2 is 1.95 bits per heavy atom. The van der Waals surface area contributed by atoms with E-state index in [-0.39, 0.29) is 0 Å². The Labute approximate surface area is 122 Å². The summed E-state index contributed by atoms with van der Waals surface area (Å²) in [6.45, 7) is 4.03. The highest BCUT2D eigenvalue weighted by Gasteiger charge is 2.08. The van der Waals surface area contributed by atoms with Crippen LogP contribution < -0.4 is 5.73 Å². The second-order valence-electron chi connectivity index (χ2n) is 5.53. The minimum atomic E-state index is 0.699. The van der Waals surface area contributed by atoms with Crippen LogP contribution in [0.5, 0.6) is 0 Å². The van der Waals surface area contributed by atoms with Gasteiger partial charge in [-0.3, -0.25) is 0 Å². The monoisotopic (exact) mass is 273 g/mol. The molecule has 0 aromatic carbocycles. The molecule has 0 aliphatic heterocycles. The summed E-state index contributed by atoms with van der Waals surface area (Å²) in [5.74, 6) is 0. The largest absolute Gasteiger partial charge is 0.332 e. The van der Waals surface area contributed by atoms with Gasteiger partial charge in [-0.1, -0.05) is 39.0 Å². The van der Waals surface area contributed by atoms with Crippen LogP contribution in [-0.2, 0) is 13.0 Å². The Kier molecular flexibility index (Phi) is 6.06. The van der Waals surface area contributed by atoms with Gasteiger partial charge in [0.1, 0.15) is 5.65 Å². The zero-order valence-electron chi connectivity index (χ0n) is 12.6. The highest BCUT2D eigenvalue weighted by molar-refractivity contribution is 5.80. The highest BCUT2D eigenvalue weighted by atomic mass is 15.0. The Bertz CT molecular complexity index is 516. The van der Waals surface area contributed by atoms with Crippen molar-refractivity contribution < 1.29 is 0 Å². The van der Waals surface area contributed by atoms with Crippen molar-refractivity contribution in [3.05, 3.63) is 30.1 Å². The Morgan fingerprint density at radius 1 is 1.15 bits per heavy atom. The average Bonchev–Trinajstić information content (AvgIpc) is 2.82. The van der Waals surface area contributed by atoms with Crippen LogP contribution in [0.15, 0.2) is 24.5 Å². The first-order chi connectivity index (χ1) is 9.86. The minimum Gasteiger partial charge on any atom is -0.332 e. The Morgan fingerprint density at radius 3 is 2.75 bits per heavy atom. The first-order valence-electron chi connectivity index (χ1n) is 7.99. The lowest BCUT2D eigenvalue weighted by atomic mass is 10.1. The number of aromatic nitrogens is 2. The lowest BCUT2D eigenvalue weighted by molar-refractivity contribution is 0.563.